The van der Waals surface area contributed by atoms with Crippen molar-refractivity contribution in [2.75, 3.05) is 7.11 Å². The molecule has 2 nitrogen and oxygen atoms in total. The molecule has 2 atom stereocenters. The molecule has 1 aliphatic rings. The lowest BCUT2D eigenvalue weighted by Crippen LogP contribution is -2.10. The molecule has 1 N–H and O–H groups in total. The average molecular weight is 196 g/mol. The van der Waals surface area contributed by atoms with Crippen molar-refractivity contribution in [1.29, 1.82) is 0 Å². The van der Waals surface area contributed by atoms with Crippen LogP contribution in [0.1, 0.15) is 18.9 Å². The smallest absolute Gasteiger partial charge is 0.132 e. The summed E-state index contributed by atoms with van der Waals surface area (Å²) in [4.78, 5) is 0. The second kappa shape index (κ2) is 2.95. The van der Waals surface area contributed by atoms with E-state index in [1.165, 1.54) is 13.2 Å². The Hall–Kier alpha value is -1.09. The van der Waals surface area contributed by atoms with Crippen molar-refractivity contribution in [2.24, 2.45) is 5.92 Å². The Balaban J connectivity index is 2.37. The van der Waals surface area contributed by atoms with Crippen molar-refractivity contribution < 1.29 is 14.2 Å². The molecule has 0 spiro atoms. The summed E-state index contributed by atoms with van der Waals surface area (Å²) in [5.41, 5.74) is -0.568. The molecule has 2 unspecified atom stereocenters. The van der Waals surface area contributed by atoms with Crippen LogP contribution < -0.4 is 4.74 Å². The zero-order valence-corrected chi connectivity index (χ0v) is 8.25. The van der Waals surface area contributed by atoms with Crippen molar-refractivity contribution >= 4 is 0 Å². The van der Waals surface area contributed by atoms with Gasteiger partial charge in [0.05, 0.1) is 12.7 Å². The topological polar surface area (TPSA) is 29.5 Å². The van der Waals surface area contributed by atoms with E-state index in [1.807, 2.05) is 6.92 Å². The van der Waals surface area contributed by atoms with Crippen molar-refractivity contribution in [3.8, 4) is 5.75 Å². The van der Waals surface area contributed by atoms with Crippen molar-refractivity contribution in [2.45, 2.75) is 18.9 Å². The molecule has 0 aliphatic heterocycles. The van der Waals surface area contributed by atoms with Crippen molar-refractivity contribution in [3.05, 3.63) is 29.6 Å². The summed E-state index contributed by atoms with van der Waals surface area (Å²) in [7, 11) is 1.49. The Kier molecular flexibility index (Phi) is 2.00. The predicted octanol–water partition coefficient (Wildman–Crippen LogP) is 2.06. The highest BCUT2D eigenvalue weighted by atomic mass is 19.1. The molecule has 1 fully saturated rings. The number of methoxy groups -OCH3 is 1. The van der Waals surface area contributed by atoms with Crippen LogP contribution in [-0.4, -0.2) is 12.2 Å². The molecule has 0 aromatic heterocycles. The third kappa shape index (κ3) is 1.28. The molecule has 0 amide bonds. The zero-order chi connectivity index (χ0) is 10.3. The first-order valence-corrected chi connectivity index (χ1v) is 4.64. The van der Waals surface area contributed by atoms with Gasteiger partial charge in [0.1, 0.15) is 11.6 Å². The molecule has 0 radical (unpaired) electrons. The second-order valence-electron chi connectivity index (χ2n) is 3.88. The van der Waals surface area contributed by atoms with Crippen molar-refractivity contribution in [1.82, 2.24) is 0 Å². The molecule has 3 heteroatoms. The number of benzene rings is 1. The molecule has 14 heavy (non-hydrogen) atoms. The molecule has 1 aromatic carbocycles. The summed E-state index contributed by atoms with van der Waals surface area (Å²) < 4.78 is 18.4. The van der Waals surface area contributed by atoms with Gasteiger partial charge in [-0.3, -0.25) is 0 Å². The van der Waals surface area contributed by atoms with E-state index in [4.69, 9.17) is 4.74 Å². The minimum Gasteiger partial charge on any atom is -0.497 e. The summed E-state index contributed by atoms with van der Waals surface area (Å²) in [6.07, 6.45) is 0.635. The van der Waals surface area contributed by atoms with Gasteiger partial charge in [-0.1, -0.05) is 6.92 Å². The quantitative estimate of drug-likeness (QED) is 0.784. The standard InChI is InChI=1S/C11H13FO2/c1-7-6-11(7,13)9-4-3-8(14-2)5-10(9)12/h3-5,7,13H,6H2,1-2H3. The van der Waals surface area contributed by atoms with Crippen LogP contribution >= 0.6 is 0 Å². The summed E-state index contributed by atoms with van der Waals surface area (Å²) in [5, 5.41) is 9.93. The average Bonchev–Trinajstić information content (AvgIpc) is 2.75. The van der Waals surface area contributed by atoms with Crippen molar-refractivity contribution in [3.63, 3.8) is 0 Å². The first kappa shape index (κ1) is 9.46. The summed E-state index contributed by atoms with van der Waals surface area (Å²) >= 11 is 0. The van der Waals surface area contributed by atoms with E-state index in [9.17, 15) is 9.50 Å². The fourth-order valence-electron chi connectivity index (χ4n) is 1.76. The van der Waals surface area contributed by atoms with Gasteiger partial charge >= 0.3 is 0 Å². The molecule has 2 rings (SSSR count). The van der Waals surface area contributed by atoms with Crippen LogP contribution in [0.15, 0.2) is 18.2 Å². The minimum absolute atomic E-state index is 0.144. The predicted molar refractivity (Wildman–Crippen MR) is 50.6 cm³/mol. The van der Waals surface area contributed by atoms with E-state index in [1.54, 1.807) is 12.1 Å². The van der Waals surface area contributed by atoms with Gasteiger partial charge in [0, 0.05) is 11.6 Å². The first-order chi connectivity index (χ1) is 6.58. The fraction of sp³-hybridized carbons (Fsp3) is 0.455. The highest BCUT2D eigenvalue weighted by Gasteiger charge is 2.52. The molecular formula is C11H13FO2. The van der Waals surface area contributed by atoms with Gasteiger partial charge in [-0.25, -0.2) is 4.39 Å². The number of rotatable bonds is 2. The Morgan fingerprint density at radius 1 is 1.57 bits per heavy atom. The van der Waals surface area contributed by atoms with Crippen LogP contribution in [0.4, 0.5) is 4.39 Å². The largest absolute Gasteiger partial charge is 0.497 e. The van der Waals surface area contributed by atoms with Crippen LogP contribution in [0.25, 0.3) is 0 Å². The summed E-state index contributed by atoms with van der Waals surface area (Å²) in [5.74, 6) is 0.227. The molecule has 1 aliphatic carbocycles. The third-order valence-electron chi connectivity index (χ3n) is 2.92. The number of ether oxygens (including phenoxy) is 1. The van der Waals surface area contributed by atoms with Crippen LogP contribution in [-0.2, 0) is 5.60 Å². The van der Waals surface area contributed by atoms with Gasteiger partial charge in [0.15, 0.2) is 0 Å². The van der Waals surface area contributed by atoms with Crippen LogP contribution in [0.2, 0.25) is 0 Å². The molecule has 76 valence electrons. The first-order valence-electron chi connectivity index (χ1n) is 4.64. The summed E-state index contributed by atoms with van der Waals surface area (Å²) in [6.45, 7) is 1.91. The SMILES string of the molecule is COc1ccc(C2(O)CC2C)c(F)c1. The van der Waals surface area contributed by atoms with E-state index in [0.717, 1.165) is 0 Å². The second-order valence-corrected chi connectivity index (χ2v) is 3.88. The Labute approximate surface area is 82.3 Å². The lowest BCUT2D eigenvalue weighted by molar-refractivity contribution is 0.130. The molecular weight excluding hydrogens is 183 g/mol. The van der Waals surface area contributed by atoms with E-state index in [2.05, 4.69) is 0 Å². The lowest BCUT2D eigenvalue weighted by Gasteiger charge is -2.11. The van der Waals surface area contributed by atoms with Gasteiger partial charge in [0.2, 0.25) is 0 Å². The van der Waals surface area contributed by atoms with E-state index < -0.39 is 11.4 Å². The normalized spacial score (nSPS) is 30.1. The van der Waals surface area contributed by atoms with Crippen LogP contribution in [0.5, 0.6) is 5.75 Å². The monoisotopic (exact) mass is 196 g/mol. The maximum absolute atomic E-state index is 13.5. The number of hydrogen-bond acceptors (Lipinski definition) is 2. The maximum Gasteiger partial charge on any atom is 0.132 e. The molecule has 0 saturated heterocycles. The van der Waals surface area contributed by atoms with Gasteiger partial charge in [-0.15, -0.1) is 0 Å². The van der Waals surface area contributed by atoms with Crippen LogP contribution in [0.3, 0.4) is 0 Å². The van der Waals surface area contributed by atoms with Crippen LogP contribution in [0, 0.1) is 11.7 Å². The Bertz CT molecular complexity index is 364. The van der Waals surface area contributed by atoms with E-state index in [-0.39, 0.29) is 5.92 Å². The summed E-state index contributed by atoms with van der Waals surface area (Å²) in [6, 6.07) is 4.57. The molecule has 1 aromatic rings. The molecule has 1 saturated carbocycles. The minimum atomic E-state index is -0.948. The highest BCUT2D eigenvalue weighted by molar-refractivity contribution is 5.36. The molecule has 0 heterocycles. The van der Waals surface area contributed by atoms with Gasteiger partial charge in [-0.2, -0.15) is 0 Å². The van der Waals surface area contributed by atoms with Gasteiger partial charge in [0.25, 0.3) is 0 Å². The Morgan fingerprint density at radius 3 is 2.64 bits per heavy atom. The maximum atomic E-state index is 13.5. The van der Waals surface area contributed by atoms with Gasteiger partial charge in [-0.05, 0) is 24.5 Å². The Morgan fingerprint density at radius 2 is 2.21 bits per heavy atom. The number of aliphatic hydroxyl groups is 1. The fourth-order valence-corrected chi connectivity index (χ4v) is 1.76. The highest BCUT2D eigenvalue weighted by Crippen LogP contribution is 2.52. The van der Waals surface area contributed by atoms with Gasteiger partial charge < -0.3 is 9.84 Å². The number of halogens is 1. The lowest BCUT2D eigenvalue weighted by atomic mass is 10.1. The van der Waals surface area contributed by atoms with E-state index >= 15 is 0 Å². The zero-order valence-electron chi connectivity index (χ0n) is 8.25. The molecule has 0 bridgehead atoms. The van der Waals surface area contributed by atoms with E-state index in [0.29, 0.717) is 17.7 Å². The third-order valence-corrected chi connectivity index (χ3v) is 2.92. The number of hydrogen-bond donors (Lipinski definition) is 1.